The molecule has 0 aliphatic carbocycles. The lowest BCUT2D eigenvalue weighted by Gasteiger charge is -2.13. The maximum absolute atomic E-state index is 5.42. The third-order valence-corrected chi connectivity index (χ3v) is 3.82. The molecule has 0 radical (unpaired) electrons. The highest BCUT2D eigenvalue weighted by Gasteiger charge is 2.16. The minimum atomic E-state index is 0.685. The Hall–Kier alpha value is -1.14. The molecule has 0 spiro atoms. The van der Waals surface area contributed by atoms with E-state index in [1.807, 2.05) is 12.1 Å². The van der Waals surface area contributed by atoms with Crippen LogP contribution in [0.25, 0.3) is 11.1 Å². The summed E-state index contributed by atoms with van der Waals surface area (Å²) < 4.78 is 12.1. The molecule has 0 saturated carbocycles. The van der Waals surface area contributed by atoms with Crippen molar-refractivity contribution in [3.05, 3.63) is 33.7 Å². The lowest BCUT2D eigenvalue weighted by atomic mass is 10.1. The number of ether oxygens (including phenoxy) is 2. The summed E-state index contributed by atoms with van der Waals surface area (Å²) in [5.74, 6) is 1.40. The van der Waals surface area contributed by atoms with Gasteiger partial charge in [-0.05, 0) is 44.0 Å². The van der Waals surface area contributed by atoms with Gasteiger partial charge in [-0.2, -0.15) is 0 Å². The molecule has 6 heteroatoms. The highest BCUT2D eigenvalue weighted by atomic mass is 79.9. The summed E-state index contributed by atoms with van der Waals surface area (Å²) in [6, 6.07) is 3.77. The smallest absolute Gasteiger partial charge is 0.144 e. The van der Waals surface area contributed by atoms with Gasteiger partial charge in [-0.25, -0.2) is 9.97 Å². The molecule has 0 fully saturated rings. The van der Waals surface area contributed by atoms with Crippen molar-refractivity contribution in [2.75, 3.05) is 14.2 Å². The number of halogens is 2. The molecule has 1 aromatic carbocycles. The van der Waals surface area contributed by atoms with E-state index in [1.165, 1.54) is 6.33 Å². The predicted molar refractivity (Wildman–Crippen MR) is 76.0 cm³/mol. The zero-order valence-corrected chi connectivity index (χ0v) is 12.9. The normalized spacial score (nSPS) is 10.2. The van der Waals surface area contributed by atoms with E-state index in [-0.39, 0.29) is 0 Å². The van der Waals surface area contributed by atoms with Crippen molar-refractivity contribution in [1.29, 1.82) is 0 Å². The molecular formula is C12H10Br2N2O2. The molecule has 1 heterocycles. The first-order valence-corrected chi connectivity index (χ1v) is 6.64. The Labute approximate surface area is 122 Å². The Morgan fingerprint density at radius 3 is 2.44 bits per heavy atom. The van der Waals surface area contributed by atoms with Crippen molar-refractivity contribution < 1.29 is 9.47 Å². The first-order chi connectivity index (χ1) is 8.69. The monoisotopic (exact) mass is 372 g/mol. The Kier molecular flexibility index (Phi) is 4.19. The van der Waals surface area contributed by atoms with Crippen LogP contribution in [0, 0.1) is 0 Å². The molecule has 0 aliphatic heterocycles. The number of methoxy groups -OCH3 is 2. The number of benzene rings is 1. The van der Waals surface area contributed by atoms with Crippen LogP contribution in [-0.4, -0.2) is 24.2 Å². The van der Waals surface area contributed by atoms with Crippen LogP contribution in [0.4, 0.5) is 0 Å². The van der Waals surface area contributed by atoms with Gasteiger partial charge in [0.15, 0.2) is 0 Å². The fourth-order valence-electron chi connectivity index (χ4n) is 1.60. The Bertz CT molecular complexity index is 576. The third-order valence-electron chi connectivity index (χ3n) is 2.44. The number of hydrogen-bond donors (Lipinski definition) is 0. The lowest BCUT2D eigenvalue weighted by Crippen LogP contribution is -1.94. The van der Waals surface area contributed by atoms with E-state index in [0.29, 0.717) is 16.1 Å². The van der Waals surface area contributed by atoms with Gasteiger partial charge in [0.25, 0.3) is 0 Å². The number of nitrogens with zero attached hydrogens (tertiary/aromatic N) is 2. The van der Waals surface area contributed by atoms with Gasteiger partial charge >= 0.3 is 0 Å². The summed E-state index contributed by atoms with van der Waals surface area (Å²) in [4.78, 5) is 8.13. The molecule has 0 N–H and O–H groups in total. The maximum atomic E-state index is 5.42. The first-order valence-electron chi connectivity index (χ1n) is 5.05. The van der Waals surface area contributed by atoms with Gasteiger partial charge in [-0.3, -0.25) is 0 Å². The standard InChI is InChI=1S/C12H10Br2N2O2/c1-17-9-4-3-7(11(18-2)10(9)13)8-5-15-6-16-12(8)14/h3-6H,1-2H3. The van der Waals surface area contributed by atoms with Crippen LogP contribution in [-0.2, 0) is 0 Å². The molecule has 0 atom stereocenters. The molecule has 2 aromatic rings. The molecule has 0 unspecified atom stereocenters. The predicted octanol–water partition coefficient (Wildman–Crippen LogP) is 3.69. The van der Waals surface area contributed by atoms with Crippen LogP contribution in [0.15, 0.2) is 33.7 Å². The molecule has 18 heavy (non-hydrogen) atoms. The number of rotatable bonds is 3. The third kappa shape index (κ3) is 2.35. The van der Waals surface area contributed by atoms with Crippen molar-refractivity contribution in [1.82, 2.24) is 9.97 Å². The molecule has 2 rings (SSSR count). The van der Waals surface area contributed by atoms with E-state index < -0.39 is 0 Å². The summed E-state index contributed by atoms with van der Waals surface area (Å²) >= 11 is 6.87. The van der Waals surface area contributed by atoms with E-state index in [9.17, 15) is 0 Å². The van der Waals surface area contributed by atoms with Crippen molar-refractivity contribution >= 4 is 31.9 Å². The summed E-state index contributed by atoms with van der Waals surface area (Å²) in [5.41, 5.74) is 1.75. The molecule has 0 aliphatic rings. The average molecular weight is 374 g/mol. The highest BCUT2D eigenvalue weighted by molar-refractivity contribution is 9.11. The second-order valence-electron chi connectivity index (χ2n) is 3.39. The second-order valence-corrected chi connectivity index (χ2v) is 4.93. The Balaban J connectivity index is 2.66. The lowest BCUT2D eigenvalue weighted by molar-refractivity contribution is 0.390. The maximum Gasteiger partial charge on any atom is 0.144 e. The molecule has 0 saturated heterocycles. The van der Waals surface area contributed by atoms with Crippen molar-refractivity contribution in [3.63, 3.8) is 0 Å². The molecular weight excluding hydrogens is 364 g/mol. The quantitative estimate of drug-likeness (QED) is 0.769. The topological polar surface area (TPSA) is 44.2 Å². The van der Waals surface area contributed by atoms with Gasteiger partial charge in [0.2, 0.25) is 0 Å². The molecule has 94 valence electrons. The van der Waals surface area contributed by atoms with E-state index in [0.717, 1.165) is 15.6 Å². The largest absolute Gasteiger partial charge is 0.495 e. The molecule has 0 amide bonds. The zero-order chi connectivity index (χ0) is 13.1. The van der Waals surface area contributed by atoms with E-state index in [1.54, 1.807) is 20.4 Å². The summed E-state index contributed by atoms with van der Waals surface area (Å²) in [5, 5.41) is 0. The second kappa shape index (κ2) is 5.67. The number of hydrogen-bond acceptors (Lipinski definition) is 4. The summed E-state index contributed by atoms with van der Waals surface area (Å²) in [7, 11) is 3.22. The highest BCUT2D eigenvalue weighted by Crippen LogP contribution is 2.43. The molecule has 1 aromatic heterocycles. The van der Waals surface area contributed by atoms with Crippen LogP contribution in [0.1, 0.15) is 0 Å². The zero-order valence-electron chi connectivity index (χ0n) is 9.78. The minimum Gasteiger partial charge on any atom is -0.495 e. The van der Waals surface area contributed by atoms with Gasteiger partial charge in [-0.15, -0.1) is 0 Å². The van der Waals surface area contributed by atoms with Gasteiger partial charge in [-0.1, -0.05) is 0 Å². The van der Waals surface area contributed by atoms with E-state index in [4.69, 9.17) is 9.47 Å². The molecule has 0 bridgehead atoms. The van der Waals surface area contributed by atoms with Crippen LogP contribution in [0.2, 0.25) is 0 Å². The van der Waals surface area contributed by atoms with Crippen LogP contribution in [0.3, 0.4) is 0 Å². The van der Waals surface area contributed by atoms with Gasteiger partial charge in [0.05, 0.1) is 14.2 Å². The van der Waals surface area contributed by atoms with E-state index >= 15 is 0 Å². The first kappa shape index (κ1) is 13.3. The summed E-state index contributed by atoms with van der Waals surface area (Å²) in [6.07, 6.45) is 3.21. The van der Waals surface area contributed by atoms with Crippen LogP contribution < -0.4 is 9.47 Å². The van der Waals surface area contributed by atoms with Crippen LogP contribution >= 0.6 is 31.9 Å². The fourth-order valence-corrected chi connectivity index (χ4v) is 2.68. The van der Waals surface area contributed by atoms with Gasteiger partial charge < -0.3 is 9.47 Å². The number of aromatic nitrogens is 2. The van der Waals surface area contributed by atoms with E-state index in [2.05, 4.69) is 41.8 Å². The van der Waals surface area contributed by atoms with Crippen molar-refractivity contribution in [2.45, 2.75) is 0 Å². The van der Waals surface area contributed by atoms with Crippen molar-refractivity contribution in [2.24, 2.45) is 0 Å². The van der Waals surface area contributed by atoms with Gasteiger partial charge in [0, 0.05) is 17.3 Å². The van der Waals surface area contributed by atoms with Gasteiger partial charge in [0.1, 0.15) is 26.9 Å². The molecule has 4 nitrogen and oxygen atoms in total. The Morgan fingerprint density at radius 2 is 1.83 bits per heavy atom. The average Bonchev–Trinajstić information content (AvgIpc) is 2.39. The van der Waals surface area contributed by atoms with Crippen molar-refractivity contribution in [3.8, 4) is 22.6 Å². The summed E-state index contributed by atoms with van der Waals surface area (Å²) in [6.45, 7) is 0. The Morgan fingerprint density at radius 1 is 1.06 bits per heavy atom. The SMILES string of the molecule is COc1ccc(-c2cncnc2Br)c(OC)c1Br. The minimum absolute atomic E-state index is 0.685. The fraction of sp³-hybridized carbons (Fsp3) is 0.167. The van der Waals surface area contributed by atoms with Crippen LogP contribution in [0.5, 0.6) is 11.5 Å².